The number of rotatable bonds is 6. The molecule has 3 rings (SSSR count). The smallest absolute Gasteiger partial charge is 0.246 e. The number of carbonyl (C=O) groups excluding carboxylic acids is 1. The van der Waals surface area contributed by atoms with Crippen molar-refractivity contribution in [2.75, 3.05) is 0 Å². The molecule has 2 aromatic heterocycles. The summed E-state index contributed by atoms with van der Waals surface area (Å²) >= 11 is 0. The molecule has 0 aliphatic heterocycles. The molecule has 0 spiro atoms. The third-order valence-electron chi connectivity index (χ3n) is 4.40. The van der Waals surface area contributed by atoms with Gasteiger partial charge in [-0.15, -0.1) is 0 Å². The average Bonchev–Trinajstić information content (AvgIpc) is 3.26. The lowest BCUT2D eigenvalue weighted by Gasteiger charge is -2.17. The molecule has 1 N–H and O–H groups in total. The molecule has 0 radical (unpaired) electrons. The van der Waals surface area contributed by atoms with Crippen LogP contribution in [0.2, 0.25) is 0 Å². The number of aromatic nitrogens is 4. The van der Waals surface area contributed by atoms with Gasteiger partial charge >= 0.3 is 0 Å². The molecule has 0 bridgehead atoms. The standard InChI is InChI=1S/C16H23N5O2/c1-2-13(21-10-6-9-18-21)16(22)17-11-14-19-15(20-23-14)12-7-4-3-5-8-12/h6,9-10,12-13H,2-5,7-8,11H2,1H3,(H,17,22). The van der Waals surface area contributed by atoms with E-state index >= 15 is 0 Å². The van der Waals surface area contributed by atoms with Gasteiger partial charge in [0.25, 0.3) is 0 Å². The summed E-state index contributed by atoms with van der Waals surface area (Å²) in [7, 11) is 0. The summed E-state index contributed by atoms with van der Waals surface area (Å²) in [6, 6.07) is 1.50. The molecule has 7 nitrogen and oxygen atoms in total. The Kier molecular flexibility index (Phi) is 5.05. The van der Waals surface area contributed by atoms with Crippen molar-refractivity contribution in [3.63, 3.8) is 0 Å². The molecular weight excluding hydrogens is 294 g/mol. The summed E-state index contributed by atoms with van der Waals surface area (Å²) in [4.78, 5) is 16.7. The van der Waals surface area contributed by atoms with Crippen molar-refractivity contribution in [1.82, 2.24) is 25.2 Å². The quantitative estimate of drug-likeness (QED) is 0.885. The predicted molar refractivity (Wildman–Crippen MR) is 83.5 cm³/mol. The van der Waals surface area contributed by atoms with Gasteiger partial charge in [-0.25, -0.2) is 0 Å². The summed E-state index contributed by atoms with van der Waals surface area (Å²) < 4.78 is 6.94. The number of nitrogens with one attached hydrogen (secondary N) is 1. The molecule has 1 amide bonds. The van der Waals surface area contributed by atoms with Crippen molar-refractivity contribution in [2.24, 2.45) is 0 Å². The topological polar surface area (TPSA) is 85.8 Å². The van der Waals surface area contributed by atoms with Gasteiger partial charge in [-0.1, -0.05) is 31.3 Å². The van der Waals surface area contributed by atoms with E-state index in [1.54, 1.807) is 17.1 Å². The van der Waals surface area contributed by atoms with E-state index in [0.717, 1.165) is 18.7 Å². The Balaban J connectivity index is 1.55. The van der Waals surface area contributed by atoms with Gasteiger partial charge in [0.2, 0.25) is 11.8 Å². The largest absolute Gasteiger partial charge is 0.345 e. The lowest BCUT2D eigenvalue weighted by molar-refractivity contribution is -0.125. The summed E-state index contributed by atoms with van der Waals surface area (Å²) in [5, 5.41) is 11.1. The highest BCUT2D eigenvalue weighted by atomic mass is 16.5. The van der Waals surface area contributed by atoms with Gasteiger partial charge in [0.05, 0.1) is 6.54 Å². The molecular formula is C16H23N5O2. The minimum atomic E-state index is -0.314. The van der Waals surface area contributed by atoms with Crippen molar-refractivity contribution < 1.29 is 9.32 Å². The Morgan fingerprint density at radius 2 is 2.26 bits per heavy atom. The summed E-state index contributed by atoms with van der Waals surface area (Å²) in [6.07, 6.45) is 10.1. The van der Waals surface area contributed by atoms with Crippen molar-refractivity contribution in [2.45, 2.75) is 64.0 Å². The third kappa shape index (κ3) is 3.78. The lowest BCUT2D eigenvalue weighted by Crippen LogP contribution is -2.32. The normalized spacial score (nSPS) is 17.1. The SMILES string of the molecule is CCC(C(=O)NCc1nc(C2CCCCC2)no1)n1cccn1. The van der Waals surface area contributed by atoms with E-state index in [0.29, 0.717) is 18.2 Å². The maximum atomic E-state index is 12.3. The van der Waals surface area contributed by atoms with Crippen LogP contribution in [0.25, 0.3) is 0 Å². The first-order valence-electron chi connectivity index (χ1n) is 8.37. The van der Waals surface area contributed by atoms with E-state index in [1.165, 1.54) is 19.3 Å². The van der Waals surface area contributed by atoms with Gasteiger partial charge < -0.3 is 9.84 Å². The fourth-order valence-electron chi connectivity index (χ4n) is 3.10. The second-order valence-electron chi connectivity index (χ2n) is 6.01. The van der Waals surface area contributed by atoms with Crippen molar-refractivity contribution in [1.29, 1.82) is 0 Å². The molecule has 124 valence electrons. The maximum absolute atomic E-state index is 12.3. The Labute approximate surface area is 135 Å². The van der Waals surface area contributed by atoms with E-state index < -0.39 is 0 Å². The number of nitrogens with zero attached hydrogens (tertiary/aromatic N) is 4. The molecule has 7 heteroatoms. The van der Waals surface area contributed by atoms with Crippen LogP contribution in [0, 0.1) is 0 Å². The number of carbonyl (C=O) groups is 1. The first kappa shape index (κ1) is 15.7. The van der Waals surface area contributed by atoms with Crippen LogP contribution >= 0.6 is 0 Å². The van der Waals surface area contributed by atoms with Crippen LogP contribution in [-0.4, -0.2) is 25.8 Å². The van der Waals surface area contributed by atoms with Crippen LogP contribution < -0.4 is 5.32 Å². The van der Waals surface area contributed by atoms with Crippen LogP contribution in [0.3, 0.4) is 0 Å². The average molecular weight is 317 g/mol. The first-order valence-corrected chi connectivity index (χ1v) is 8.37. The fraction of sp³-hybridized carbons (Fsp3) is 0.625. The summed E-state index contributed by atoms with van der Waals surface area (Å²) in [6.45, 7) is 2.22. The second-order valence-corrected chi connectivity index (χ2v) is 6.01. The Morgan fingerprint density at radius 3 is 2.96 bits per heavy atom. The molecule has 1 aliphatic carbocycles. The first-order chi connectivity index (χ1) is 11.3. The highest BCUT2D eigenvalue weighted by Gasteiger charge is 2.22. The monoisotopic (exact) mass is 317 g/mol. The van der Waals surface area contributed by atoms with Crippen LogP contribution in [0.1, 0.15) is 69.1 Å². The number of hydrogen-bond donors (Lipinski definition) is 1. The van der Waals surface area contributed by atoms with Gasteiger partial charge in [0.1, 0.15) is 6.04 Å². The van der Waals surface area contributed by atoms with Crippen molar-refractivity contribution in [3.05, 3.63) is 30.2 Å². The van der Waals surface area contributed by atoms with E-state index in [2.05, 4.69) is 20.6 Å². The zero-order valence-electron chi connectivity index (χ0n) is 13.4. The number of amides is 1. The van der Waals surface area contributed by atoms with Crippen LogP contribution in [-0.2, 0) is 11.3 Å². The van der Waals surface area contributed by atoms with Gasteiger partial charge in [-0.05, 0) is 25.3 Å². The van der Waals surface area contributed by atoms with E-state index in [4.69, 9.17) is 4.52 Å². The molecule has 0 aromatic carbocycles. The highest BCUT2D eigenvalue weighted by molar-refractivity contribution is 5.79. The summed E-state index contributed by atoms with van der Waals surface area (Å²) in [5.41, 5.74) is 0. The molecule has 1 aliphatic rings. The zero-order valence-corrected chi connectivity index (χ0v) is 13.4. The van der Waals surface area contributed by atoms with E-state index in [1.807, 2.05) is 13.0 Å². The molecule has 2 heterocycles. The number of hydrogen-bond acceptors (Lipinski definition) is 5. The van der Waals surface area contributed by atoms with Crippen molar-refractivity contribution >= 4 is 5.91 Å². The van der Waals surface area contributed by atoms with Crippen molar-refractivity contribution in [3.8, 4) is 0 Å². The van der Waals surface area contributed by atoms with Gasteiger partial charge in [-0.3, -0.25) is 9.48 Å². The Morgan fingerprint density at radius 1 is 1.43 bits per heavy atom. The molecule has 1 fully saturated rings. The minimum absolute atomic E-state index is 0.0892. The Bertz CT molecular complexity index is 616. The minimum Gasteiger partial charge on any atom is -0.345 e. The van der Waals surface area contributed by atoms with Gasteiger partial charge in [0, 0.05) is 18.3 Å². The van der Waals surface area contributed by atoms with E-state index in [-0.39, 0.29) is 18.5 Å². The molecule has 23 heavy (non-hydrogen) atoms. The van der Waals surface area contributed by atoms with E-state index in [9.17, 15) is 4.79 Å². The molecule has 1 unspecified atom stereocenters. The lowest BCUT2D eigenvalue weighted by atomic mass is 9.89. The Hall–Kier alpha value is -2.18. The molecule has 1 atom stereocenters. The second kappa shape index (κ2) is 7.39. The maximum Gasteiger partial charge on any atom is 0.246 e. The zero-order chi connectivity index (χ0) is 16.1. The molecule has 1 saturated carbocycles. The molecule has 2 aromatic rings. The van der Waals surface area contributed by atoms with Gasteiger partial charge in [-0.2, -0.15) is 10.1 Å². The summed E-state index contributed by atoms with van der Waals surface area (Å²) in [5.74, 6) is 1.57. The highest BCUT2D eigenvalue weighted by Crippen LogP contribution is 2.30. The fourth-order valence-corrected chi connectivity index (χ4v) is 3.10. The predicted octanol–water partition coefficient (Wildman–Crippen LogP) is 2.58. The van der Waals surface area contributed by atoms with Crippen LogP contribution in [0.4, 0.5) is 0 Å². The van der Waals surface area contributed by atoms with Gasteiger partial charge in [0.15, 0.2) is 5.82 Å². The third-order valence-corrected chi connectivity index (χ3v) is 4.40. The molecule has 0 saturated heterocycles. The van der Waals surface area contributed by atoms with Crippen LogP contribution in [0.5, 0.6) is 0 Å². The van der Waals surface area contributed by atoms with Crippen LogP contribution in [0.15, 0.2) is 23.0 Å².